The Labute approximate surface area is 89.2 Å². The average Bonchev–Trinajstić information content (AvgIpc) is 2.13. The van der Waals surface area contributed by atoms with Crippen molar-refractivity contribution in [3.8, 4) is 0 Å². The lowest BCUT2D eigenvalue weighted by molar-refractivity contribution is 0.141. The van der Waals surface area contributed by atoms with Crippen molar-refractivity contribution in [1.82, 2.24) is 0 Å². The topological polar surface area (TPSA) is 35.2 Å². The molecule has 2 N–H and O–H groups in total. The zero-order valence-electron chi connectivity index (χ0n) is 10.1. The number of rotatable bonds is 9. The van der Waals surface area contributed by atoms with Crippen LogP contribution in [0, 0.1) is 5.92 Å². The molecule has 0 saturated heterocycles. The third-order valence-electron chi connectivity index (χ3n) is 2.55. The van der Waals surface area contributed by atoms with Crippen LogP contribution in [0.15, 0.2) is 0 Å². The molecule has 2 unspecified atom stereocenters. The summed E-state index contributed by atoms with van der Waals surface area (Å²) < 4.78 is 5.28. The molecule has 0 aromatic heterocycles. The zero-order chi connectivity index (χ0) is 10.8. The Morgan fingerprint density at radius 1 is 1.21 bits per heavy atom. The van der Waals surface area contributed by atoms with Gasteiger partial charge in [-0.05, 0) is 32.1 Å². The summed E-state index contributed by atoms with van der Waals surface area (Å²) in [4.78, 5) is 0. The van der Waals surface area contributed by atoms with E-state index in [1.54, 1.807) is 0 Å². The van der Waals surface area contributed by atoms with Crippen molar-refractivity contribution in [2.45, 2.75) is 58.9 Å². The third kappa shape index (κ3) is 8.52. The fraction of sp³-hybridized carbons (Fsp3) is 1.00. The van der Waals surface area contributed by atoms with Crippen molar-refractivity contribution in [3.63, 3.8) is 0 Å². The molecule has 0 aromatic rings. The van der Waals surface area contributed by atoms with Crippen LogP contribution in [-0.4, -0.2) is 19.3 Å². The van der Waals surface area contributed by atoms with Crippen LogP contribution in [0.25, 0.3) is 0 Å². The Morgan fingerprint density at radius 2 is 1.93 bits per heavy atom. The van der Waals surface area contributed by atoms with Crippen LogP contribution in [0.1, 0.15) is 52.9 Å². The van der Waals surface area contributed by atoms with E-state index >= 15 is 0 Å². The lowest BCUT2D eigenvalue weighted by atomic mass is 9.95. The first-order chi connectivity index (χ1) is 6.70. The number of ether oxygens (including phenoxy) is 1. The smallest absolute Gasteiger partial charge is 0.0466 e. The molecule has 2 atom stereocenters. The second-order valence-electron chi connectivity index (χ2n) is 4.23. The van der Waals surface area contributed by atoms with Gasteiger partial charge < -0.3 is 10.5 Å². The van der Waals surface area contributed by atoms with Crippen LogP contribution in [0.3, 0.4) is 0 Å². The predicted octanol–water partition coefficient (Wildman–Crippen LogP) is 2.96. The molecule has 0 aliphatic rings. The van der Waals surface area contributed by atoms with Gasteiger partial charge in [0.1, 0.15) is 0 Å². The van der Waals surface area contributed by atoms with Crippen molar-refractivity contribution >= 4 is 0 Å². The highest BCUT2D eigenvalue weighted by Crippen LogP contribution is 2.13. The van der Waals surface area contributed by atoms with Crippen LogP contribution in [0.5, 0.6) is 0 Å². The summed E-state index contributed by atoms with van der Waals surface area (Å²) in [6.45, 7) is 8.25. The summed E-state index contributed by atoms with van der Waals surface area (Å²) >= 11 is 0. The van der Waals surface area contributed by atoms with Crippen LogP contribution < -0.4 is 5.73 Å². The molecule has 0 aliphatic carbocycles. The van der Waals surface area contributed by atoms with Gasteiger partial charge in [0.25, 0.3) is 0 Å². The van der Waals surface area contributed by atoms with Gasteiger partial charge in [-0.1, -0.05) is 26.7 Å². The van der Waals surface area contributed by atoms with Crippen LogP contribution in [0.2, 0.25) is 0 Å². The standard InChI is InChI=1S/C12H27NO/c1-4-7-11(3)10-12(13)8-6-9-14-5-2/h11-12H,4-10,13H2,1-3H3. The molecule has 2 nitrogen and oxygen atoms in total. The molecule has 86 valence electrons. The highest BCUT2D eigenvalue weighted by Gasteiger charge is 2.07. The fourth-order valence-corrected chi connectivity index (χ4v) is 1.84. The highest BCUT2D eigenvalue weighted by atomic mass is 16.5. The van der Waals surface area contributed by atoms with E-state index in [0.717, 1.165) is 32.0 Å². The quantitative estimate of drug-likeness (QED) is 0.582. The summed E-state index contributed by atoms with van der Waals surface area (Å²) in [5, 5.41) is 0. The van der Waals surface area contributed by atoms with E-state index in [1.165, 1.54) is 19.3 Å². The van der Waals surface area contributed by atoms with Crippen LogP contribution in [-0.2, 0) is 4.74 Å². The Balaban J connectivity index is 3.30. The maximum absolute atomic E-state index is 6.03. The zero-order valence-corrected chi connectivity index (χ0v) is 10.1. The molecule has 0 radical (unpaired) electrons. The van der Waals surface area contributed by atoms with Gasteiger partial charge in [0.2, 0.25) is 0 Å². The van der Waals surface area contributed by atoms with E-state index in [1.807, 2.05) is 6.92 Å². The molecule has 2 heteroatoms. The van der Waals surface area contributed by atoms with Gasteiger partial charge in [-0.3, -0.25) is 0 Å². The van der Waals surface area contributed by atoms with Crippen molar-refractivity contribution in [1.29, 1.82) is 0 Å². The van der Waals surface area contributed by atoms with Gasteiger partial charge in [0.05, 0.1) is 0 Å². The normalized spacial score (nSPS) is 15.4. The molecular weight excluding hydrogens is 174 g/mol. The maximum atomic E-state index is 6.03. The molecule has 0 spiro atoms. The van der Waals surface area contributed by atoms with E-state index in [4.69, 9.17) is 10.5 Å². The summed E-state index contributed by atoms with van der Waals surface area (Å²) in [7, 11) is 0. The molecule has 0 aliphatic heterocycles. The van der Waals surface area contributed by atoms with Crippen molar-refractivity contribution in [3.05, 3.63) is 0 Å². The monoisotopic (exact) mass is 201 g/mol. The van der Waals surface area contributed by atoms with Crippen LogP contribution in [0.4, 0.5) is 0 Å². The van der Waals surface area contributed by atoms with Crippen molar-refractivity contribution < 1.29 is 4.74 Å². The summed E-state index contributed by atoms with van der Waals surface area (Å²) in [6.07, 6.45) is 5.95. The van der Waals surface area contributed by atoms with Crippen molar-refractivity contribution in [2.75, 3.05) is 13.2 Å². The molecule has 14 heavy (non-hydrogen) atoms. The van der Waals surface area contributed by atoms with Gasteiger partial charge >= 0.3 is 0 Å². The first-order valence-corrected chi connectivity index (χ1v) is 6.04. The summed E-state index contributed by atoms with van der Waals surface area (Å²) in [5.41, 5.74) is 6.03. The first kappa shape index (κ1) is 13.9. The molecule has 0 bridgehead atoms. The minimum Gasteiger partial charge on any atom is -0.382 e. The summed E-state index contributed by atoms with van der Waals surface area (Å²) in [5.74, 6) is 0.780. The number of nitrogens with two attached hydrogens (primary N) is 1. The summed E-state index contributed by atoms with van der Waals surface area (Å²) in [6, 6.07) is 0.372. The van der Waals surface area contributed by atoms with Crippen LogP contribution >= 0.6 is 0 Å². The highest BCUT2D eigenvalue weighted by molar-refractivity contribution is 4.65. The van der Waals surface area contributed by atoms with E-state index in [-0.39, 0.29) is 0 Å². The Bertz CT molecular complexity index is 117. The second kappa shape index (κ2) is 9.47. The average molecular weight is 201 g/mol. The largest absolute Gasteiger partial charge is 0.382 e. The van der Waals surface area contributed by atoms with Gasteiger partial charge in [-0.25, -0.2) is 0 Å². The second-order valence-corrected chi connectivity index (χ2v) is 4.23. The molecule has 0 saturated carbocycles. The van der Waals surface area contributed by atoms with Gasteiger partial charge in [0, 0.05) is 19.3 Å². The van der Waals surface area contributed by atoms with E-state index in [9.17, 15) is 0 Å². The van der Waals surface area contributed by atoms with Gasteiger partial charge in [-0.15, -0.1) is 0 Å². The van der Waals surface area contributed by atoms with Crippen molar-refractivity contribution in [2.24, 2.45) is 11.7 Å². The lowest BCUT2D eigenvalue weighted by Crippen LogP contribution is -2.23. The first-order valence-electron chi connectivity index (χ1n) is 6.04. The van der Waals surface area contributed by atoms with Gasteiger partial charge in [-0.2, -0.15) is 0 Å². The maximum Gasteiger partial charge on any atom is 0.0466 e. The Morgan fingerprint density at radius 3 is 2.50 bits per heavy atom. The Kier molecular flexibility index (Phi) is 9.42. The molecule has 0 fully saturated rings. The predicted molar refractivity (Wildman–Crippen MR) is 62.4 cm³/mol. The minimum absolute atomic E-state index is 0.372. The molecular formula is C12H27NO. The molecule has 0 heterocycles. The lowest BCUT2D eigenvalue weighted by Gasteiger charge is -2.16. The molecule has 0 aromatic carbocycles. The van der Waals surface area contributed by atoms with E-state index in [2.05, 4.69) is 13.8 Å². The van der Waals surface area contributed by atoms with Gasteiger partial charge in [0.15, 0.2) is 0 Å². The number of hydrogen-bond donors (Lipinski definition) is 1. The molecule has 0 amide bonds. The SMILES string of the molecule is CCCC(C)CC(N)CCCOCC. The number of hydrogen-bond acceptors (Lipinski definition) is 2. The van der Waals surface area contributed by atoms with E-state index < -0.39 is 0 Å². The van der Waals surface area contributed by atoms with E-state index in [0.29, 0.717) is 6.04 Å². The third-order valence-corrected chi connectivity index (χ3v) is 2.55. The Hall–Kier alpha value is -0.0800. The minimum atomic E-state index is 0.372. The molecule has 0 rings (SSSR count). The fourth-order valence-electron chi connectivity index (χ4n) is 1.84.